The first-order valence-electron chi connectivity index (χ1n) is 5.65. The first kappa shape index (κ1) is 14.1. The van der Waals surface area contributed by atoms with Crippen molar-refractivity contribution < 1.29 is 4.79 Å². The lowest BCUT2D eigenvalue weighted by Gasteiger charge is -2.17. The summed E-state index contributed by atoms with van der Waals surface area (Å²) in [6.07, 6.45) is 3.56. The van der Waals surface area contributed by atoms with E-state index in [0.717, 1.165) is 10.3 Å². The molecule has 0 saturated carbocycles. The van der Waals surface area contributed by atoms with Gasteiger partial charge in [-0.1, -0.05) is 27.5 Å². The number of hydrogen-bond donors (Lipinski definition) is 0. The number of imidazole rings is 1. The smallest absolute Gasteiger partial charge is 0.255 e. The lowest BCUT2D eigenvalue weighted by Crippen LogP contribution is -2.27. The summed E-state index contributed by atoms with van der Waals surface area (Å²) in [5.41, 5.74) is 0.479. The fourth-order valence-corrected chi connectivity index (χ4v) is 2.26. The molecule has 1 aromatic heterocycles. The number of benzene rings is 1. The van der Waals surface area contributed by atoms with Crippen molar-refractivity contribution in [3.63, 3.8) is 0 Å². The van der Waals surface area contributed by atoms with Gasteiger partial charge >= 0.3 is 0 Å². The molecule has 0 aliphatic rings. The number of nitrogens with zero attached hydrogens (tertiary/aromatic N) is 3. The summed E-state index contributed by atoms with van der Waals surface area (Å²) in [4.78, 5) is 18.1. The fourth-order valence-electron chi connectivity index (χ4n) is 1.70. The summed E-state index contributed by atoms with van der Waals surface area (Å²) in [7, 11) is 3.63. The van der Waals surface area contributed by atoms with Gasteiger partial charge in [-0.15, -0.1) is 0 Å². The second-order valence-electron chi connectivity index (χ2n) is 4.24. The monoisotopic (exact) mass is 341 g/mol. The van der Waals surface area contributed by atoms with Crippen molar-refractivity contribution in [1.82, 2.24) is 14.5 Å². The van der Waals surface area contributed by atoms with Gasteiger partial charge in [0.2, 0.25) is 0 Å². The summed E-state index contributed by atoms with van der Waals surface area (Å²) < 4.78 is 2.71. The molecule has 1 amide bonds. The number of rotatable bonds is 3. The summed E-state index contributed by atoms with van der Waals surface area (Å²) >= 11 is 9.40. The van der Waals surface area contributed by atoms with Gasteiger partial charge in [0.1, 0.15) is 5.82 Å². The highest BCUT2D eigenvalue weighted by Gasteiger charge is 2.17. The predicted octanol–water partition coefficient (Wildman–Crippen LogP) is 3.11. The maximum atomic E-state index is 12.3. The van der Waals surface area contributed by atoms with E-state index in [-0.39, 0.29) is 5.91 Å². The Bertz CT molecular complexity index is 612. The average molecular weight is 343 g/mol. The minimum atomic E-state index is -0.130. The van der Waals surface area contributed by atoms with Gasteiger partial charge < -0.3 is 9.47 Å². The molecule has 0 aliphatic carbocycles. The molecule has 0 spiro atoms. The summed E-state index contributed by atoms with van der Waals surface area (Å²) in [5, 5.41) is 0.444. The van der Waals surface area contributed by atoms with Crippen LogP contribution < -0.4 is 0 Å². The number of carbonyl (C=O) groups is 1. The van der Waals surface area contributed by atoms with E-state index in [1.165, 1.54) is 0 Å². The van der Waals surface area contributed by atoms with E-state index < -0.39 is 0 Å². The van der Waals surface area contributed by atoms with Crippen LogP contribution in [0.1, 0.15) is 16.2 Å². The molecule has 0 N–H and O–H groups in total. The van der Waals surface area contributed by atoms with Gasteiger partial charge in [0, 0.05) is 31.0 Å². The van der Waals surface area contributed by atoms with Gasteiger partial charge in [-0.05, 0) is 18.2 Å². The number of aromatic nitrogens is 2. The zero-order valence-corrected chi connectivity index (χ0v) is 12.9. The molecule has 100 valence electrons. The molecule has 0 saturated heterocycles. The third-order valence-corrected chi connectivity index (χ3v) is 3.63. The van der Waals surface area contributed by atoms with E-state index in [4.69, 9.17) is 11.6 Å². The van der Waals surface area contributed by atoms with Gasteiger partial charge in [0.15, 0.2) is 0 Å². The van der Waals surface area contributed by atoms with E-state index in [1.807, 2.05) is 17.8 Å². The highest BCUT2D eigenvalue weighted by Crippen LogP contribution is 2.22. The lowest BCUT2D eigenvalue weighted by atomic mass is 10.2. The van der Waals surface area contributed by atoms with E-state index in [2.05, 4.69) is 20.9 Å². The van der Waals surface area contributed by atoms with Crippen molar-refractivity contribution >= 4 is 33.4 Å². The number of hydrogen-bond acceptors (Lipinski definition) is 2. The Morgan fingerprint density at radius 3 is 2.89 bits per heavy atom. The van der Waals surface area contributed by atoms with Gasteiger partial charge in [0.25, 0.3) is 5.91 Å². The van der Waals surface area contributed by atoms with Gasteiger partial charge in [-0.3, -0.25) is 4.79 Å². The van der Waals surface area contributed by atoms with Crippen molar-refractivity contribution in [3.8, 4) is 0 Å². The maximum Gasteiger partial charge on any atom is 0.255 e. The van der Waals surface area contributed by atoms with Crippen molar-refractivity contribution in [1.29, 1.82) is 0 Å². The second kappa shape index (κ2) is 5.75. The molecule has 2 rings (SSSR count). The molecule has 0 atom stereocenters. The van der Waals surface area contributed by atoms with E-state index >= 15 is 0 Å². The third-order valence-electron chi connectivity index (χ3n) is 2.81. The van der Waals surface area contributed by atoms with Crippen LogP contribution in [0.5, 0.6) is 0 Å². The molecule has 0 bridgehead atoms. The molecule has 1 heterocycles. The summed E-state index contributed by atoms with van der Waals surface area (Å²) in [6.45, 7) is 0.436. The van der Waals surface area contributed by atoms with Crippen LogP contribution in [0.4, 0.5) is 0 Å². The van der Waals surface area contributed by atoms with Crippen molar-refractivity contribution in [2.75, 3.05) is 7.05 Å². The van der Waals surface area contributed by atoms with Crippen molar-refractivity contribution in [3.05, 3.63) is 51.5 Å². The van der Waals surface area contributed by atoms with Gasteiger partial charge in [-0.2, -0.15) is 0 Å². The van der Waals surface area contributed by atoms with Crippen LogP contribution in [-0.4, -0.2) is 27.4 Å². The van der Waals surface area contributed by atoms with Crippen LogP contribution in [0, 0.1) is 0 Å². The Hall–Kier alpha value is -1.33. The topological polar surface area (TPSA) is 38.1 Å². The SMILES string of the molecule is CN(Cc1nccn1C)C(=O)c1cc(Br)ccc1Cl. The van der Waals surface area contributed by atoms with E-state index in [9.17, 15) is 4.79 Å². The van der Waals surface area contributed by atoms with Gasteiger partial charge in [0.05, 0.1) is 17.1 Å². The van der Waals surface area contributed by atoms with Crippen molar-refractivity contribution in [2.24, 2.45) is 7.05 Å². The quantitative estimate of drug-likeness (QED) is 0.859. The van der Waals surface area contributed by atoms with E-state index in [1.54, 1.807) is 36.3 Å². The average Bonchev–Trinajstić information content (AvgIpc) is 2.77. The molecule has 0 fully saturated rings. The summed E-state index contributed by atoms with van der Waals surface area (Å²) in [6, 6.07) is 5.23. The van der Waals surface area contributed by atoms with Crippen LogP contribution >= 0.6 is 27.5 Å². The Labute approximate surface area is 125 Å². The maximum absolute atomic E-state index is 12.3. The normalized spacial score (nSPS) is 10.5. The Morgan fingerprint density at radius 2 is 2.26 bits per heavy atom. The Morgan fingerprint density at radius 1 is 1.53 bits per heavy atom. The highest BCUT2D eigenvalue weighted by molar-refractivity contribution is 9.10. The highest BCUT2D eigenvalue weighted by atomic mass is 79.9. The molecular formula is C13H13BrClN3O. The molecule has 6 heteroatoms. The van der Waals surface area contributed by atoms with Crippen LogP contribution in [0.15, 0.2) is 35.1 Å². The molecule has 2 aromatic rings. The first-order chi connectivity index (χ1) is 8.99. The first-order valence-corrected chi connectivity index (χ1v) is 6.83. The lowest BCUT2D eigenvalue weighted by molar-refractivity contribution is 0.0780. The molecule has 0 radical (unpaired) electrons. The molecule has 1 aromatic carbocycles. The molecular weight excluding hydrogens is 330 g/mol. The number of halogens is 2. The Kier molecular flexibility index (Phi) is 4.27. The minimum absolute atomic E-state index is 0.130. The zero-order valence-electron chi connectivity index (χ0n) is 10.6. The van der Waals surface area contributed by atoms with Crippen LogP contribution in [0.2, 0.25) is 5.02 Å². The zero-order chi connectivity index (χ0) is 14.0. The second-order valence-corrected chi connectivity index (χ2v) is 5.56. The molecule has 0 unspecified atom stereocenters. The molecule has 4 nitrogen and oxygen atoms in total. The standard InChI is InChI=1S/C13H13BrClN3O/c1-17-6-5-16-12(17)8-18(2)13(19)10-7-9(14)3-4-11(10)15/h3-7H,8H2,1-2H3. The van der Waals surface area contributed by atoms with E-state index in [0.29, 0.717) is 17.1 Å². The molecule has 0 aliphatic heterocycles. The number of carbonyl (C=O) groups excluding carboxylic acids is 1. The van der Waals surface area contributed by atoms with Crippen LogP contribution in [-0.2, 0) is 13.6 Å². The fraction of sp³-hybridized carbons (Fsp3) is 0.231. The van der Waals surface area contributed by atoms with Gasteiger partial charge in [-0.25, -0.2) is 4.98 Å². The minimum Gasteiger partial charge on any atom is -0.337 e. The largest absolute Gasteiger partial charge is 0.337 e. The summed E-state index contributed by atoms with van der Waals surface area (Å²) in [5.74, 6) is 0.691. The molecule has 19 heavy (non-hydrogen) atoms. The van der Waals surface area contributed by atoms with Crippen LogP contribution in [0.3, 0.4) is 0 Å². The Balaban J connectivity index is 2.19. The predicted molar refractivity (Wildman–Crippen MR) is 78.2 cm³/mol. The third kappa shape index (κ3) is 3.16. The number of amides is 1. The number of aryl methyl sites for hydroxylation is 1. The van der Waals surface area contributed by atoms with Crippen molar-refractivity contribution in [2.45, 2.75) is 6.54 Å². The van der Waals surface area contributed by atoms with Crippen LogP contribution in [0.25, 0.3) is 0 Å².